The first-order valence-electron chi connectivity index (χ1n) is 9.01. The zero-order chi connectivity index (χ0) is 20.6. The Hall–Kier alpha value is -2.85. The number of amides is 1. The molecule has 1 aliphatic rings. The summed E-state index contributed by atoms with van der Waals surface area (Å²) in [6.07, 6.45) is 4.66. The second-order valence-electron chi connectivity index (χ2n) is 6.91. The SMILES string of the molecule is Cc1ncc2c(n1)NC(=O)C2c1ncnc2cc(OCCCS(C)(=O)=O)ccc12.Cl. The zero-order valence-electron chi connectivity index (χ0n) is 16.3. The standard InChI is InChI=1S/C19H19N5O4S.ClH/c1-11-20-9-14-16(19(25)24-18(14)23-11)17-13-5-4-12(8-15(13)21-10-22-17)28-6-3-7-29(2,26)27;/h4-5,8-10,16H,3,6-7H2,1-2H3,(H,20,23,24,25);1H. The van der Waals surface area contributed by atoms with Crippen LogP contribution in [0.2, 0.25) is 0 Å². The molecule has 11 heteroatoms. The van der Waals surface area contributed by atoms with Crippen LogP contribution in [0.1, 0.15) is 29.4 Å². The molecule has 30 heavy (non-hydrogen) atoms. The molecule has 0 radical (unpaired) electrons. The summed E-state index contributed by atoms with van der Waals surface area (Å²) in [5.74, 6) is 0.912. The molecule has 2 aromatic heterocycles. The Kier molecular flexibility index (Phi) is 6.18. The summed E-state index contributed by atoms with van der Waals surface area (Å²) in [5.41, 5.74) is 1.88. The number of nitrogens with one attached hydrogen (secondary N) is 1. The summed E-state index contributed by atoms with van der Waals surface area (Å²) in [6, 6.07) is 5.31. The number of halogens is 1. The molecule has 1 N–H and O–H groups in total. The number of carbonyl (C=O) groups excluding carboxylic acids is 1. The third-order valence-electron chi connectivity index (χ3n) is 4.59. The van der Waals surface area contributed by atoms with E-state index in [4.69, 9.17) is 4.74 Å². The first-order valence-corrected chi connectivity index (χ1v) is 11.1. The minimum Gasteiger partial charge on any atom is -0.493 e. The average Bonchev–Trinajstić information content (AvgIpc) is 2.98. The molecule has 1 amide bonds. The first-order chi connectivity index (χ1) is 13.8. The highest BCUT2D eigenvalue weighted by Crippen LogP contribution is 2.37. The minimum absolute atomic E-state index is 0. The van der Waals surface area contributed by atoms with Gasteiger partial charge in [0.1, 0.15) is 39.5 Å². The fourth-order valence-corrected chi connectivity index (χ4v) is 3.92. The quantitative estimate of drug-likeness (QED) is 0.567. The van der Waals surface area contributed by atoms with Crippen molar-refractivity contribution in [3.8, 4) is 5.75 Å². The molecule has 1 unspecified atom stereocenters. The van der Waals surface area contributed by atoms with Gasteiger partial charge in [0.05, 0.1) is 23.6 Å². The molecule has 9 nitrogen and oxygen atoms in total. The van der Waals surface area contributed by atoms with Crippen LogP contribution in [0.5, 0.6) is 5.75 Å². The van der Waals surface area contributed by atoms with Crippen molar-refractivity contribution in [3.05, 3.63) is 47.8 Å². The van der Waals surface area contributed by atoms with Crippen molar-refractivity contribution in [1.82, 2.24) is 19.9 Å². The first kappa shape index (κ1) is 21.8. The van der Waals surface area contributed by atoms with E-state index in [-0.39, 0.29) is 30.7 Å². The maximum absolute atomic E-state index is 12.6. The van der Waals surface area contributed by atoms with E-state index >= 15 is 0 Å². The van der Waals surface area contributed by atoms with Crippen LogP contribution in [0.3, 0.4) is 0 Å². The second kappa shape index (κ2) is 8.49. The normalized spacial score (nSPS) is 15.4. The lowest BCUT2D eigenvalue weighted by Crippen LogP contribution is -2.15. The van der Waals surface area contributed by atoms with E-state index in [2.05, 4.69) is 25.3 Å². The predicted octanol–water partition coefficient (Wildman–Crippen LogP) is 2.05. The largest absolute Gasteiger partial charge is 0.493 e. The van der Waals surface area contributed by atoms with Crippen LogP contribution in [0.15, 0.2) is 30.7 Å². The number of hydrogen-bond donors (Lipinski definition) is 1. The number of rotatable bonds is 6. The Balaban J connectivity index is 0.00000256. The van der Waals surface area contributed by atoms with Gasteiger partial charge in [0.15, 0.2) is 0 Å². The second-order valence-corrected chi connectivity index (χ2v) is 9.17. The smallest absolute Gasteiger partial charge is 0.239 e. The van der Waals surface area contributed by atoms with Gasteiger partial charge in [-0.3, -0.25) is 4.79 Å². The van der Waals surface area contributed by atoms with Crippen molar-refractivity contribution in [2.24, 2.45) is 0 Å². The molecule has 0 spiro atoms. The summed E-state index contributed by atoms with van der Waals surface area (Å²) >= 11 is 0. The van der Waals surface area contributed by atoms with E-state index in [1.807, 2.05) is 0 Å². The summed E-state index contributed by atoms with van der Waals surface area (Å²) in [7, 11) is -3.01. The van der Waals surface area contributed by atoms with Crippen LogP contribution in [-0.2, 0) is 14.6 Å². The molecular formula is C19H20ClN5O4S. The highest BCUT2D eigenvalue weighted by molar-refractivity contribution is 7.90. The maximum atomic E-state index is 12.6. The summed E-state index contributed by atoms with van der Waals surface area (Å²) in [6.45, 7) is 2.04. The van der Waals surface area contributed by atoms with E-state index in [0.717, 1.165) is 5.39 Å². The lowest BCUT2D eigenvalue weighted by Gasteiger charge is -2.12. The Morgan fingerprint density at radius 3 is 2.77 bits per heavy atom. The van der Waals surface area contributed by atoms with Crippen molar-refractivity contribution in [1.29, 1.82) is 0 Å². The van der Waals surface area contributed by atoms with E-state index in [1.54, 1.807) is 31.3 Å². The molecule has 4 rings (SSSR count). The predicted molar refractivity (Wildman–Crippen MR) is 114 cm³/mol. The van der Waals surface area contributed by atoms with Crippen molar-refractivity contribution >= 4 is 44.9 Å². The van der Waals surface area contributed by atoms with Gasteiger partial charge in [-0.15, -0.1) is 12.4 Å². The highest BCUT2D eigenvalue weighted by Gasteiger charge is 2.35. The number of ether oxygens (including phenoxy) is 1. The van der Waals surface area contributed by atoms with Crippen molar-refractivity contribution in [2.75, 3.05) is 23.9 Å². The number of hydrogen-bond acceptors (Lipinski definition) is 8. The Labute approximate surface area is 179 Å². The van der Waals surface area contributed by atoms with Gasteiger partial charge < -0.3 is 10.1 Å². The number of fused-ring (bicyclic) bond motifs is 2. The third kappa shape index (κ3) is 4.49. The van der Waals surface area contributed by atoms with E-state index < -0.39 is 15.8 Å². The molecule has 0 bridgehead atoms. The molecule has 1 aliphatic heterocycles. The fourth-order valence-electron chi connectivity index (χ4n) is 3.28. The number of nitrogens with zero attached hydrogens (tertiary/aromatic N) is 4. The zero-order valence-corrected chi connectivity index (χ0v) is 18.0. The molecule has 0 saturated carbocycles. The molecule has 158 valence electrons. The van der Waals surface area contributed by atoms with Gasteiger partial charge in [-0.05, 0) is 25.5 Å². The molecular weight excluding hydrogens is 430 g/mol. The molecule has 1 aromatic carbocycles. The minimum atomic E-state index is -3.01. The van der Waals surface area contributed by atoms with Gasteiger partial charge in [0.2, 0.25) is 5.91 Å². The number of sulfone groups is 1. The Bertz CT molecular complexity index is 1220. The van der Waals surface area contributed by atoms with Gasteiger partial charge in [0.25, 0.3) is 0 Å². The summed E-state index contributed by atoms with van der Waals surface area (Å²) in [5, 5.41) is 3.51. The van der Waals surface area contributed by atoms with Crippen LogP contribution in [-0.4, -0.2) is 52.9 Å². The Morgan fingerprint density at radius 1 is 1.20 bits per heavy atom. The monoisotopic (exact) mass is 449 g/mol. The summed E-state index contributed by atoms with van der Waals surface area (Å²) in [4.78, 5) is 29.7. The van der Waals surface area contributed by atoms with Crippen LogP contribution in [0.4, 0.5) is 5.82 Å². The van der Waals surface area contributed by atoms with E-state index in [1.165, 1.54) is 12.6 Å². The topological polar surface area (TPSA) is 124 Å². The van der Waals surface area contributed by atoms with Crippen LogP contribution in [0, 0.1) is 6.92 Å². The van der Waals surface area contributed by atoms with Gasteiger partial charge >= 0.3 is 0 Å². The average molecular weight is 450 g/mol. The fraction of sp³-hybridized carbons (Fsp3) is 0.316. The van der Waals surface area contributed by atoms with Crippen LogP contribution < -0.4 is 10.1 Å². The number of carbonyl (C=O) groups is 1. The van der Waals surface area contributed by atoms with Gasteiger partial charge in [0, 0.05) is 29.5 Å². The lowest BCUT2D eigenvalue weighted by molar-refractivity contribution is -0.116. The molecule has 0 aliphatic carbocycles. The molecule has 0 fully saturated rings. The lowest BCUT2D eigenvalue weighted by atomic mass is 9.96. The maximum Gasteiger partial charge on any atom is 0.239 e. The number of aryl methyl sites for hydroxylation is 1. The van der Waals surface area contributed by atoms with Crippen molar-refractivity contribution in [3.63, 3.8) is 0 Å². The highest BCUT2D eigenvalue weighted by atomic mass is 35.5. The third-order valence-corrected chi connectivity index (χ3v) is 5.62. The molecule has 3 heterocycles. The van der Waals surface area contributed by atoms with Crippen LogP contribution in [0.25, 0.3) is 10.9 Å². The Morgan fingerprint density at radius 2 is 2.00 bits per heavy atom. The van der Waals surface area contributed by atoms with Crippen molar-refractivity contribution < 1.29 is 17.9 Å². The summed E-state index contributed by atoms with van der Waals surface area (Å²) < 4.78 is 28.0. The molecule has 1 atom stereocenters. The van der Waals surface area contributed by atoms with E-state index in [9.17, 15) is 13.2 Å². The van der Waals surface area contributed by atoms with Gasteiger partial charge in [-0.25, -0.2) is 28.4 Å². The number of aromatic nitrogens is 4. The van der Waals surface area contributed by atoms with Gasteiger partial charge in [-0.2, -0.15) is 0 Å². The molecule has 3 aromatic rings. The molecule has 0 saturated heterocycles. The van der Waals surface area contributed by atoms with E-state index in [0.29, 0.717) is 40.6 Å². The number of anilines is 1. The van der Waals surface area contributed by atoms with Crippen molar-refractivity contribution in [2.45, 2.75) is 19.3 Å². The van der Waals surface area contributed by atoms with Crippen LogP contribution >= 0.6 is 12.4 Å². The number of benzene rings is 1. The van der Waals surface area contributed by atoms with Gasteiger partial charge in [-0.1, -0.05) is 0 Å².